The molecule has 2 heterocycles. The highest BCUT2D eigenvalue weighted by Gasteiger charge is 2.33. The molecule has 7 heteroatoms. The molecule has 4 aromatic rings. The number of aliphatic hydroxyl groups is 1. The summed E-state index contributed by atoms with van der Waals surface area (Å²) < 4.78 is 0. The standard InChI is InChI=1S/C25H18N2O5/c1-12-7-14-9-17-18(25(32)27(2)24(17)31)10-15(14)8-16(12)22(29)23(30)21-20(28)11-13-5-3-4-6-19(13)26-21/h3-11,23,28,30H,1-2H3. The number of aryl methyl sites for hydroxylation is 1. The SMILES string of the molecule is Cc1cc2cc3c(cc2cc1C(=O)C(O)c1nc2ccccc2cc1O)C(=O)N(C)C3=O. The number of hydrogen-bond donors (Lipinski definition) is 2. The number of aliphatic hydroxyl groups excluding tert-OH is 1. The fraction of sp³-hybridized carbons (Fsp3) is 0.120. The van der Waals surface area contributed by atoms with Crippen LogP contribution in [-0.2, 0) is 0 Å². The van der Waals surface area contributed by atoms with Crippen LogP contribution in [0.1, 0.15) is 48.4 Å². The molecular formula is C25H18N2O5. The second-order valence-electron chi connectivity index (χ2n) is 7.93. The number of para-hydroxylation sites is 1. The Balaban J connectivity index is 1.59. The van der Waals surface area contributed by atoms with Crippen LogP contribution in [0.2, 0.25) is 0 Å². The van der Waals surface area contributed by atoms with Crippen molar-refractivity contribution in [1.82, 2.24) is 9.88 Å². The van der Waals surface area contributed by atoms with Crippen LogP contribution in [0.3, 0.4) is 0 Å². The molecule has 1 unspecified atom stereocenters. The molecule has 1 aromatic heterocycles. The maximum absolute atomic E-state index is 13.2. The van der Waals surface area contributed by atoms with Gasteiger partial charge in [0.25, 0.3) is 11.8 Å². The number of ketones is 1. The zero-order chi connectivity index (χ0) is 22.7. The van der Waals surface area contributed by atoms with Gasteiger partial charge in [-0.2, -0.15) is 0 Å². The van der Waals surface area contributed by atoms with E-state index in [9.17, 15) is 24.6 Å². The van der Waals surface area contributed by atoms with Crippen LogP contribution in [0.25, 0.3) is 21.7 Å². The Morgan fingerprint density at radius 2 is 1.56 bits per heavy atom. The minimum absolute atomic E-state index is 0.121. The molecule has 0 radical (unpaired) electrons. The predicted octanol–water partition coefficient (Wildman–Crippen LogP) is 3.54. The summed E-state index contributed by atoms with van der Waals surface area (Å²) in [4.78, 5) is 43.1. The van der Waals surface area contributed by atoms with Crippen molar-refractivity contribution >= 4 is 39.3 Å². The average Bonchev–Trinajstić information content (AvgIpc) is 2.99. The maximum Gasteiger partial charge on any atom is 0.261 e. The number of rotatable bonds is 3. The van der Waals surface area contributed by atoms with E-state index in [-0.39, 0.29) is 28.5 Å². The Morgan fingerprint density at radius 1 is 0.938 bits per heavy atom. The number of imide groups is 1. The Morgan fingerprint density at radius 3 is 2.25 bits per heavy atom. The van der Waals surface area contributed by atoms with Gasteiger partial charge in [0.2, 0.25) is 0 Å². The Kier molecular flexibility index (Phi) is 4.32. The molecule has 0 aliphatic carbocycles. The Hall–Kier alpha value is -4.10. The largest absolute Gasteiger partial charge is 0.506 e. The van der Waals surface area contributed by atoms with Crippen LogP contribution in [0.15, 0.2) is 54.6 Å². The lowest BCUT2D eigenvalue weighted by Crippen LogP contribution is -2.24. The molecule has 32 heavy (non-hydrogen) atoms. The van der Waals surface area contributed by atoms with Gasteiger partial charge in [0.1, 0.15) is 11.4 Å². The van der Waals surface area contributed by atoms with E-state index in [1.807, 2.05) is 0 Å². The third-order valence-electron chi connectivity index (χ3n) is 5.90. The number of nitrogens with zero attached hydrogens (tertiary/aromatic N) is 2. The summed E-state index contributed by atoms with van der Waals surface area (Å²) in [6.45, 7) is 1.72. The van der Waals surface area contributed by atoms with E-state index in [0.717, 1.165) is 4.90 Å². The summed E-state index contributed by atoms with van der Waals surface area (Å²) in [5, 5.41) is 23.1. The molecule has 0 fully saturated rings. The molecule has 7 nitrogen and oxygen atoms in total. The lowest BCUT2D eigenvalue weighted by atomic mass is 9.93. The molecule has 0 saturated carbocycles. The van der Waals surface area contributed by atoms with Crippen LogP contribution >= 0.6 is 0 Å². The van der Waals surface area contributed by atoms with Gasteiger partial charge >= 0.3 is 0 Å². The second-order valence-corrected chi connectivity index (χ2v) is 7.93. The van der Waals surface area contributed by atoms with Crippen LogP contribution in [0, 0.1) is 6.92 Å². The van der Waals surface area contributed by atoms with Gasteiger partial charge in [-0.15, -0.1) is 0 Å². The minimum Gasteiger partial charge on any atom is -0.506 e. The monoisotopic (exact) mass is 426 g/mol. The van der Waals surface area contributed by atoms with Gasteiger partial charge in [-0.05, 0) is 53.6 Å². The van der Waals surface area contributed by atoms with Crippen LogP contribution in [0.5, 0.6) is 5.75 Å². The van der Waals surface area contributed by atoms with Crippen molar-refractivity contribution in [2.45, 2.75) is 13.0 Å². The molecule has 0 spiro atoms. The molecular weight excluding hydrogens is 408 g/mol. The topological polar surface area (TPSA) is 108 Å². The lowest BCUT2D eigenvalue weighted by Gasteiger charge is -2.14. The first kappa shape index (κ1) is 19.8. The van der Waals surface area contributed by atoms with Crippen molar-refractivity contribution in [3.05, 3.63) is 82.5 Å². The fourth-order valence-electron chi connectivity index (χ4n) is 4.13. The zero-order valence-corrected chi connectivity index (χ0v) is 17.3. The van der Waals surface area contributed by atoms with E-state index in [4.69, 9.17) is 0 Å². The molecule has 3 aromatic carbocycles. The number of hydrogen-bond acceptors (Lipinski definition) is 6. The van der Waals surface area contributed by atoms with Gasteiger partial charge in [-0.3, -0.25) is 19.3 Å². The van der Waals surface area contributed by atoms with Crippen LogP contribution < -0.4 is 0 Å². The van der Waals surface area contributed by atoms with Gasteiger partial charge in [0.15, 0.2) is 11.9 Å². The number of amides is 2. The maximum atomic E-state index is 13.2. The highest BCUT2D eigenvalue weighted by molar-refractivity contribution is 6.23. The molecule has 0 bridgehead atoms. The van der Waals surface area contributed by atoms with E-state index < -0.39 is 17.8 Å². The van der Waals surface area contributed by atoms with E-state index in [1.165, 1.54) is 13.1 Å². The summed E-state index contributed by atoms with van der Waals surface area (Å²) in [5.74, 6) is -1.65. The number of benzene rings is 3. The number of carbonyl (C=O) groups is 3. The van der Waals surface area contributed by atoms with E-state index in [0.29, 0.717) is 32.8 Å². The first-order valence-electron chi connectivity index (χ1n) is 9.98. The normalized spacial score (nSPS) is 14.3. The zero-order valence-electron chi connectivity index (χ0n) is 17.3. The molecule has 0 saturated heterocycles. The molecule has 2 amide bonds. The highest BCUT2D eigenvalue weighted by atomic mass is 16.3. The molecule has 5 rings (SSSR count). The third kappa shape index (κ3) is 2.86. The molecule has 1 atom stereocenters. The molecule has 1 aliphatic heterocycles. The summed E-state index contributed by atoms with van der Waals surface area (Å²) in [7, 11) is 1.43. The van der Waals surface area contributed by atoms with Gasteiger partial charge in [-0.25, -0.2) is 4.98 Å². The van der Waals surface area contributed by atoms with Gasteiger partial charge < -0.3 is 10.2 Å². The molecule has 2 N–H and O–H groups in total. The number of fused-ring (bicyclic) bond motifs is 3. The number of carbonyl (C=O) groups excluding carboxylic acids is 3. The van der Waals surface area contributed by atoms with E-state index >= 15 is 0 Å². The number of Topliss-reactive ketones (excluding diaryl/α,β-unsaturated/α-hetero) is 1. The quantitative estimate of drug-likeness (QED) is 0.383. The van der Waals surface area contributed by atoms with Crippen molar-refractivity contribution in [1.29, 1.82) is 0 Å². The second kappa shape index (κ2) is 6.96. The van der Waals surface area contributed by atoms with Gasteiger partial charge in [-0.1, -0.05) is 24.3 Å². The fourth-order valence-corrected chi connectivity index (χ4v) is 4.13. The average molecular weight is 426 g/mol. The Bertz CT molecular complexity index is 1490. The Labute approximate surface area is 182 Å². The number of aromatic nitrogens is 1. The summed E-state index contributed by atoms with van der Waals surface area (Å²) >= 11 is 0. The number of pyridine rings is 1. The van der Waals surface area contributed by atoms with Crippen molar-refractivity contribution in [3.63, 3.8) is 0 Å². The van der Waals surface area contributed by atoms with E-state index in [1.54, 1.807) is 55.5 Å². The van der Waals surface area contributed by atoms with Crippen LogP contribution in [-0.4, -0.2) is 44.7 Å². The minimum atomic E-state index is -1.67. The van der Waals surface area contributed by atoms with Crippen LogP contribution in [0.4, 0.5) is 0 Å². The summed E-state index contributed by atoms with van der Waals surface area (Å²) in [6, 6.07) is 15.1. The first-order valence-corrected chi connectivity index (χ1v) is 9.98. The summed E-state index contributed by atoms with van der Waals surface area (Å²) in [6.07, 6.45) is -1.67. The predicted molar refractivity (Wildman–Crippen MR) is 118 cm³/mol. The van der Waals surface area contributed by atoms with Gasteiger partial charge in [0, 0.05) is 18.0 Å². The van der Waals surface area contributed by atoms with Crippen molar-refractivity contribution in [2.24, 2.45) is 0 Å². The lowest BCUT2D eigenvalue weighted by molar-refractivity contribution is 0.0692. The smallest absolute Gasteiger partial charge is 0.261 e. The molecule has 158 valence electrons. The summed E-state index contributed by atoms with van der Waals surface area (Å²) in [5.41, 5.74) is 1.86. The van der Waals surface area contributed by atoms with Gasteiger partial charge in [0.05, 0.1) is 16.6 Å². The van der Waals surface area contributed by atoms with Crippen molar-refractivity contribution in [2.75, 3.05) is 7.05 Å². The number of aromatic hydroxyl groups is 1. The van der Waals surface area contributed by atoms with E-state index in [2.05, 4.69) is 4.98 Å². The van der Waals surface area contributed by atoms with Crippen molar-refractivity contribution in [3.8, 4) is 5.75 Å². The first-order chi connectivity index (χ1) is 15.3. The molecule has 1 aliphatic rings. The third-order valence-corrected chi connectivity index (χ3v) is 5.90. The highest BCUT2D eigenvalue weighted by Crippen LogP contribution is 2.32. The van der Waals surface area contributed by atoms with Crippen molar-refractivity contribution < 1.29 is 24.6 Å².